The zero-order valence-electron chi connectivity index (χ0n) is 16.1. The topological polar surface area (TPSA) is 76.4 Å². The number of carbonyl (C=O) groups excluding carboxylic acids is 1. The third-order valence-corrected chi connectivity index (χ3v) is 5.65. The van der Waals surface area contributed by atoms with E-state index in [0.29, 0.717) is 18.9 Å². The van der Waals surface area contributed by atoms with E-state index in [9.17, 15) is 4.79 Å². The summed E-state index contributed by atoms with van der Waals surface area (Å²) in [5.41, 5.74) is 0. The van der Waals surface area contributed by atoms with E-state index in [1.165, 1.54) is 12.8 Å². The maximum atomic E-state index is 12.4. The van der Waals surface area contributed by atoms with Crippen molar-refractivity contribution in [2.24, 2.45) is 11.8 Å². The third-order valence-electron chi connectivity index (χ3n) is 5.65. The Bertz CT molecular complexity index is 570. The van der Waals surface area contributed by atoms with Crippen molar-refractivity contribution >= 4 is 5.91 Å². The molecule has 146 valence electrons. The lowest BCUT2D eigenvalue weighted by Crippen LogP contribution is -2.33. The summed E-state index contributed by atoms with van der Waals surface area (Å²) in [4.78, 5) is 16.8. The minimum Gasteiger partial charge on any atom is -0.384 e. The van der Waals surface area contributed by atoms with Gasteiger partial charge in [-0.3, -0.25) is 9.69 Å². The lowest BCUT2D eigenvalue weighted by Gasteiger charge is -2.29. The summed E-state index contributed by atoms with van der Waals surface area (Å²) >= 11 is 0. The summed E-state index contributed by atoms with van der Waals surface area (Å²) in [7, 11) is 1.72. The van der Waals surface area contributed by atoms with Crippen LogP contribution in [-0.2, 0) is 22.6 Å². The van der Waals surface area contributed by atoms with Crippen molar-refractivity contribution in [1.82, 2.24) is 30.0 Å². The molecule has 0 saturated carbocycles. The lowest BCUT2D eigenvalue weighted by molar-refractivity contribution is -0.130. The van der Waals surface area contributed by atoms with Crippen LogP contribution >= 0.6 is 0 Å². The number of ether oxygens (including phenoxy) is 1. The van der Waals surface area contributed by atoms with E-state index in [2.05, 4.69) is 27.3 Å². The van der Waals surface area contributed by atoms with E-state index < -0.39 is 0 Å². The first kappa shape index (κ1) is 19.2. The van der Waals surface area contributed by atoms with Crippen LogP contribution in [0, 0.1) is 11.8 Å². The van der Waals surface area contributed by atoms with Crippen LogP contribution in [0.3, 0.4) is 0 Å². The molecule has 0 aromatic carbocycles. The minimum atomic E-state index is 0.239. The molecule has 0 spiro atoms. The van der Waals surface area contributed by atoms with Crippen molar-refractivity contribution < 1.29 is 9.53 Å². The van der Waals surface area contributed by atoms with Gasteiger partial charge in [-0.05, 0) is 55.1 Å². The first-order chi connectivity index (χ1) is 12.7. The van der Waals surface area contributed by atoms with Crippen LogP contribution in [0.15, 0.2) is 0 Å². The summed E-state index contributed by atoms with van der Waals surface area (Å²) < 4.78 is 7.06. The van der Waals surface area contributed by atoms with E-state index in [-0.39, 0.29) is 5.91 Å². The largest absolute Gasteiger partial charge is 0.384 e. The summed E-state index contributed by atoms with van der Waals surface area (Å²) in [6, 6.07) is 0. The Kier molecular flexibility index (Phi) is 6.96. The highest BCUT2D eigenvalue weighted by Gasteiger charge is 2.25. The number of methoxy groups -OCH3 is 1. The normalized spacial score (nSPS) is 22.2. The molecule has 0 N–H and O–H groups in total. The zero-order chi connectivity index (χ0) is 18.4. The number of nitrogens with zero attached hydrogens (tertiary/aromatic N) is 6. The van der Waals surface area contributed by atoms with Gasteiger partial charge in [-0.2, -0.15) is 0 Å². The molecule has 1 amide bonds. The third kappa shape index (κ3) is 5.23. The average molecular weight is 364 g/mol. The first-order valence-corrected chi connectivity index (χ1v) is 9.89. The van der Waals surface area contributed by atoms with Gasteiger partial charge in [-0.25, -0.2) is 4.68 Å². The Morgan fingerprint density at radius 1 is 1.23 bits per heavy atom. The molecule has 2 fully saturated rings. The summed E-state index contributed by atoms with van der Waals surface area (Å²) in [6.45, 7) is 8.48. The molecule has 3 rings (SSSR count). The fourth-order valence-electron chi connectivity index (χ4n) is 3.90. The van der Waals surface area contributed by atoms with Gasteiger partial charge < -0.3 is 9.64 Å². The number of piperidine rings is 1. The van der Waals surface area contributed by atoms with Gasteiger partial charge >= 0.3 is 0 Å². The van der Waals surface area contributed by atoms with Crippen molar-refractivity contribution in [3.05, 3.63) is 5.82 Å². The van der Waals surface area contributed by atoms with Gasteiger partial charge in [0.05, 0.1) is 13.2 Å². The molecule has 2 aliphatic heterocycles. The molecule has 2 saturated heterocycles. The van der Waals surface area contributed by atoms with Crippen LogP contribution in [0.4, 0.5) is 0 Å². The van der Waals surface area contributed by atoms with E-state index in [1.807, 2.05) is 9.58 Å². The highest BCUT2D eigenvalue weighted by molar-refractivity contribution is 5.76. The van der Waals surface area contributed by atoms with Crippen LogP contribution < -0.4 is 0 Å². The number of aromatic nitrogens is 4. The molecule has 0 aliphatic carbocycles. The lowest BCUT2D eigenvalue weighted by atomic mass is 9.99. The van der Waals surface area contributed by atoms with Crippen LogP contribution in [0.1, 0.15) is 44.9 Å². The Morgan fingerprint density at radius 2 is 2.04 bits per heavy atom. The number of likely N-dealkylation sites (tertiary alicyclic amines) is 2. The van der Waals surface area contributed by atoms with Gasteiger partial charge in [-0.1, -0.05) is 6.92 Å². The van der Waals surface area contributed by atoms with Gasteiger partial charge in [0.15, 0.2) is 5.82 Å². The SMILES string of the molecule is COCC1CCN(C(=O)CCCn2nnnc2CN2CCC(C)CC2)C1. The van der Waals surface area contributed by atoms with Crippen molar-refractivity contribution in [3.63, 3.8) is 0 Å². The number of rotatable bonds is 8. The predicted molar refractivity (Wildman–Crippen MR) is 97.3 cm³/mol. The molecular formula is C18H32N6O2. The smallest absolute Gasteiger partial charge is 0.222 e. The second-order valence-corrected chi connectivity index (χ2v) is 7.83. The van der Waals surface area contributed by atoms with E-state index in [0.717, 1.165) is 63.9 Å². The molecule has 1 aromatic rings. The summed E-state index contributed by atoms with van der Waals surface area (Å²) in [5, 5.41) is 12.1. The Labute approximate surface area is 155 Å². The Balaban J connectivity index is 1.40. The highest BCUT2D eigenvalue weighted by atomic mass is 16.5. The quantitative estimate of drug-likeness (QED) is 0.689. The fraction of sp³-hybridized carbons (Fsp3) is 0.889. The Morgan fingerprint density at radius 3 is 2.81 bits per heavy atom. The van der Waals surface area contributed by atoms with E-state index >= 15 is 0 Å². The monoisotopic (exact) mass is 364 g/mol. The maximum absolute atomic E-state index is 12.4. The van der Waals surface area contributed by atoms with Crippen molar-refractivity contribution in [3.8, 4) is 0 Å². The molecule has 1 unspecified atom stereocenters. The molecule has 8 heteroatoms. The predicted octanol–water partition coefficient (Wildman–Crippen LogP) is 1.18. The molecule has 1 atom stereocenters. The molecule has 0 bridgehead atoms. The molecular weight excluding hydrogens is 332 g/mol. The fourth-order valence-corrected chi connectivity index (χ4v) is 3.90. The second kappa shape index (κ2) is 9.41. The van der Waals surface area contributed by atoms with Gasteiger partial charge in [0.2, 0.25) is 5.91 Å². The van der Waals surface area contributed by atoms with Gasteiger partial charge in [0.1, 0.15) is 0 Å². The van der Waals surface area contributed by atoms with Crippen molar-refractivity contribution in [2.45, 2.75) is 52.1 Å². The van der Waals surface area contributed by atoms with Crippen LogP contribution in [0.5, 0.6) is 0 Å². The van der Waals surface area contributed by atoms with Gasteiger partial charge in [-0.15, -0.1) is 5.10 Å². The number of tetrazole rings is 1. The number of carbonyl (C=O) groups is 1. The molecule has 1 aromatic heterocycles. The number of aryl methyl sites for hydroxylation is 1. The summed E-state index contributed by atoms with van der Waals surface area (Å²) in [5.74, 6) is 2.46. The zero-order valence-corrected chi connectivity index (χ0v) is 16.1. The molecule has 0 radical (unpaired) electrons. The van der Waals surface area contributed by atoms with Crippen molar-refractivity contribution in [1.29, 1.82) is 0 Å². The van der Waals surface area contributed by atoms with E-state index in [1.54, 1.807) is 7.11 Å². The minimum absolute atomic E-state index is 0.239. The van der Waals surface area contributed by atoms with E-state index in [4.69, 9.17) is 4.74 Å². The average Bonchev–Trinajstić information content (AvgIpc) is 3.27. The summed E-state index contributed by atoms with van der Waals surface area (Å²) in [6.07, 6.45) is 4.87. The van der Waals surface area contributed by atoms with Crippen LogP contribution in [0.2, 0.25) is 0 Å². The second-order valence-electron chi connectivity index (χ2n) is 7.83. The number of hydrogen-bond donors (Lipinski definition) is 0. The maximum Gasteiger partial charge on any atom is 0.222 e. The highest BCUT2D eigenvalue weighted by Crippen LogP contribution is 2.19. The molecule has 2 aliphatic rings. The molecule has 8 nitrogen and oxygen atoms in total. The Hall–Kier alpha value is -1.54. The molecule has 3 heterocycles. The van der Waals surface area contributed by atoms with Crippen LogP contribution in [0.25, 0.3) is 0 Å². The number of amides is 1. The van der Waals surface area contributed by atoms with Gasteiger partial charge in [0.25, 0.3) is 0 Å². The van der Waals surface area contributed by atoms with Crippen molar-refractivity contribution in [2.75, 3.05) is 39.9 Å². The molecule has 26 heavy (non-hydrogen) atoms. The first-order valence-electron chi connectivity index (χ1n) is 9.89. The van der Waals surface area contributed by atoms with Gasteiger partial charge in [0, 0.05) is 39.1 Å². The van der Waals surface area contributed by atoms with Crippen LogP contribution in [-0.4, -0.2) is 75.8 Å². The standard InChI is InChI=1S/C18H32N6O2/c1-15-5-9-22(10-6-15)13-17-19-20-21-24(17)8-3-4-18(25)23-11-7-16(12-23)14-26-2/h15-16H,3-14H2,1-2H3. The number of hydrogen-bond acceptors (Lipinski definition) is 6.